The first-order valence-corrected chi connectivity index (χ1v) is 6.39. The summed E-state index contributed by atoms with van der Waals surface area (Å²) in [5.74, 6) is 1.61. The van der Waals surface area contributed by atoms with Crippen molar-refractivity contribution in [3.05, 3.63) is 46.9 Å². The molecule has 0 atom stereocenters. The van der Waals surface area contributed by atoms with Gasteiger partial charge < -0.3 is 8.98 Å². The van der Waals surface area contributed by atoms with Crippen molar-refractivity contribution in [3.63, 3.8) is 0 Å². The van der Waals surface area contributed by atoms with E-state index < -0.39 is 0 Å². The van der Waals surface area contributed by atoms with Gasteiger partial charge in [0.2, 0.25) is 5.89 Å². The summed E-state index contributed by atoms with van der Waals surface area (Å²) in [6.07, 6.45) is 1.85. The van der Waals surface area contributed by atoms with Crippen molar-refractivity contribution in [2.24, 2.45) is 0 Å². The highest BCUT2D eigenvalue weighted by atomic mass is 16.4. The summed E-state index contributed by atoms with van der Waals surface area (Å²) < 4.78 is 7.71. The Balaban J connectivity index is 2.03. The van der Waals surface area contributed by atoms with Gasteiger partial charge in [0.1, 0.15) is 12.3 Å². The fourth-order valence-electron chi connectivity index (χ4n) is 2.19. The first kappa shape index (κ1) is 12.0. The molecule has 3 rings (SSSR count). The van der Waals surface area contributed by atoms with Gasteiger partial charge >= 0.3 is 0 Å². The number of imidazole rings is 1. The van der Waals surface area contributed by atoms with Gasteiger partial charge in [-0.2, -0.15) is 0 Å². The van der Waals surface area contributed by atoms with E-state index in [9.17, 15) is 0 Å². The third kappa shape index (κ3) is 2.03. The average molecular weight is 255 g/mol. The van der Waals surface area contributed by atoms with Crippen molar-refractivity contribution >= 4 is 11.0 Å². The lowest BCUT2D eigenvalue weighted by Crippen LogP contribution is -1.98. The lowest BCUT2D eigenvalue weighted by molar-refractivity contribution is 0.459. The van der Waals surface area contributed by atoms with E-state index in [4.69, 9.17) is 4.42 Å². The van der Waals surface area contributed by atoms with E-state index in [1.807, 2.05) is 20.2 Å². The van der Waals surface area contributed by atoms with Gasteiger partial charge in [-0.1, -0.05) is 0 Å². The van der Waals surface area contributed by atoms with E-state index in [-0.39, 0.29) is 0 Å². The normalized spacial score (nSPS) is 11.4. The molecule has 2 aromatic heterocycles. The van der Waals surface area contributed by atoms with Gasteiger partial charge in [0.25, 0.3) is 0 Å². The van der Waals surface area contributed by atoms with Crippen LogP contribution in [0.5, 0.6) is 0 Å². The first-order valence-electron chi connectivity index (χ1n) is 6.39. The van der Waals surface area contributed by atoms with Gasteiger partial charge in [-0.3, -0.25) is 0 Å². The maximum atomic E-state index is 5.63. The molecule has 0 saturated carbocycles. The summed E-state index contributed by atoms with van der Waals surface area (Å²) in [6, 6.07) is 4.29. The van der Waals surface area contributed by atoms with E-state index in [2.05, 4.69) is 40.5 Å². The molecule has 0 unspecified atom stereocenters. The number of fused-ring (bicyclic) bond motifs is 1. The molecule has 0 aliphatic heterocycles. The summed E-state index contributed by atoms with van der Waals surface area (Å²) in [7, 11) is 0. The largest absolute Gasteiger partial charge is 0.444 e. The Morgan fingerprint density at radius 2 is 1.84 bits per heavy atom. The smallest absolute Gasteiger partial charge is 0.214 e. The average Bonchev–Trinajstić information content (AvgIpc) is 2.86. The standard InChI is InChI=1S/C15H17N3O/c1-9-5-13-14(6-10(9)2)18(8-16-13)7-15-17-11(3)12(4)19-15/h5-6,8H,7H2,1-4H3. The van der Waals surface area contributed by atoms with Gasteiger partial charge in [-0.15, -0.1) is 0 Å². The minimum absolute atomic E-state index is 0.619. The number of nitrogens with zero attached hydrogens (tertiary/aromatic N) is 3. The molecular weight excluding hydrogens is 238 g/mol. The van der Waals surface area contributed by atoms with Crippen molar-refractivity contribution in [2.45, 2.75) is 34.2 Å². The van der Waals surface area contributed by atoms with Gasteiger partial charge in [-0.05, 0) is 51.0 Å². The SMILES string of the molecule is Cc1cc2ncn(Cc3nc(C)c(C)o3)c2cc1C. The Hall–Kier alpha value is -2.10. The van der Waals surface area contributed by atoms with E-state index in [1.54, 1.807) is 0 Å². The van der Waals surface area contributed by atoms with Crippen LogP contribution in [0.3, 0.4) is 0 Å². The van der Waals surface area contributed by atoms with Crippen LogP contribution in [0.15, 0.2) is 22.9 Å². The summed E-state index contributed by atoms with van der Waals surface area (Å²) in [6.45, 7) is 8.74. The van der Waals surface area contributed by atoms with Crippen LogP contribution in [0.25, 0.3) is 11.0 Å². The maximum absolute atomic E-state index is 5.63. The number of rotatable bonds is 2. The minimum Gasteiger partial charge on any atom is -0.444 e. The Bertz CT molecular complexity index is 733. The van der Waals surface area contributed by atoms with Crippen LogP contribution in [0.4, 0.5) is 0 Å². The van der Waals surface area contributed by atoms with Crippen LogP contribution in [0.1, 0.15) is 28.5 Å². The molecule has 4 heteroatoms. The molecule has 0 aliphatic carbocycles. The van der Waals surface area contributed by atoms with E-state index in [0.717, 1.165) is 28.4 Å². The number of oxazole rings is 1. The molecule has 0 N–H and O–H groups in total. The topological polar surface area (TPSA) is 43.9 Å². The van der Waals surface area contributed by atoms with Gasteiger partial charge in [0.15, 0.2) is 0 Å². The zero-order valence-electron chi connectivity index (χ0n) is 11.7. The Morgan fingerprint density at radius 1 is 1.11 bits per heavy atom. The molecule has 0 amide bonds. The lowest BCUT2D eigenvalue weighted by Gasteiger charge is -2.03. The molecule has 98 valence electrons. The second-order valence-corrected chi connectivity index (χ2v) is 5.05. The quantitative estimate of drug-likeness (QED) is 0.705. The summed E-state index contributed by atoms with van der Waals surface area (Å²) in [4.78, 5) is 8.86. The van der Waals surface area contributed by atoms with Crippen molar-refractivity contribution in [2.75, 3.05) is 0 Å². The van der Waals surface area contributed by atoms with Crippen LogP contribution in [-0.2, 0) is 6.54 Å². The molecule has 4 nitrogen and oxygen atoms in total. The molecular formula is C15H17N3O. The zero-order valence-corrected chi connectivity index (χ0v) is 11.7. The molecule has 19 heavy (non-hydrogen) atoms. The van der Waals surface area contributed by atoms with Crippen molar-refractivity contribution in [1.82, 2.24) is 14.5 Å². The summed E-state index contributed by atoms with van der Waals surface area (Å²) >= 11 is 0. The van der Waals surface area contributed by atoms with Gasteiger partial charge in [0.05, 0.1) is 23.1 Å². The number of hydrogen-bond donors (Lipinski definition) is 0. The molecule has 0 radical (unpaired) electrons. The van der Waals surface area contributed by atoms with E-state index in [0.29, 0.717) is 6.54 Å². The van der Waals surface area contributed by atoms with E-state index >= 15 is 0 Å². The number of benzene rings is 1. The highest BCUT2D eigenvalue weighted by molar-refractivity contribution is 5.77. The molecule has 0 spiro atoms. The second kappa shape index (κ2) is 4.23. The van der Waals surface area contributed by atoms with Crippen LogP contribution >= 0.6 is 0 Å². The fourth-order valence-corrected chi connectivity index (χ4v) is 2.19. The van der Waals surface area contributed by atoms with Crippen LogP contribution < -0.4 is 0 Å². The van der Waals surface area contributed by atoms with Gasteiger partial charge in [0, 0.05) is 0 Å². The Kier molecular flexibility index (Phi) is 2.66. The second-order valence-electron chi connectivity index (χ2n) is 5.05. The minimum atomic E-state index is 0.619. The third-order valence-electron chi connectivity index (χ3n) is 3.61. The van der Waals surface area contributed by atoms with Crippen molar-refractivity contribution in [1.29, 1.82) is 0 Å². The summed E-state index contributed by atoms with van der Waals surface area (Å²) in [5, 5.41) is 0. The monoisotopic (exact) mass is 255 g/mol. The van der Waals surface area contributed by atoms with Crippen molar-refractivity contribution in [3.8, 4) is 0 Å². The highest BCUT2D eigenvalue weighted by Gasteiger charge is 2.09. The Morgan fingerprint density at radius 3 is 2.53 bits per heavy atom. The number of aryl methyl sites for hydroxylation is 4. The van der Waals surface area contributed by atoms with Crippen LogP contribution in [-0.4, -0.2) is 14.5 Å². The highest BCUT2D eigenvalue weighted by Crippen LogP contribution is 2.19. The molecule has 0 fully saturated rings. The van der Waals surface area contributed by atoms with Gasteiger partial charge in [-0.25, -0.2) is 9.97 Å². The van der Waals surface area contributed by atoms with Crippen LogP contribution in [0, 0.1) is 27.7 Å². The molecule has 0 saturated heterocycles. The predicted molar refractivity (Wildman–Crippen MR) is 74.3 cm³/mol. The van der Waals surface area contributed by atoms with Crippen molar-refractivity contribution < 1.29 is 4.42 Å². The Labute approximate surface area is 112 Å². The molecule has 2 heterocycles. The number of aromatic nitrogens is 3. The fraction of sp³-hybridized carbons (Fsp3) is 0.333. The molecule has 3 aromatic rings. The molecule has 0 bridgehead atoms. The zero-order chi connectivity index (χ0) is 13.6. The molecule has 1 aromatic carbocycles. The number of hydrogen-bond acceptors (Lipinski definition) is 3. The van der Waals surface area contributed by atoms with Crippen LogP contribution in [0.2, 0.25) is 0 Å². The maximum Gasteiger partial charge on any atom is 0.214 e. The summed E-state index contributed by atoms with van der Waals surface area (Å²) in [5.41, 5.74) is 5.63. The molecule has 0 aliphatic rings. The predicted octanol–water partition coefficient (Wildman–Crippen LogP) is 3.31. The lowest BCUT2D eigenvalue weighted by atomic mass is 10.1. The van der Waals surface area contributed by atoms with E-state index in [1.165, 1.54) is 11.1 Å². The first-order chi connectivity index (χ1) is 9.04. The third-order valence-corrected chi connectivity index (χ3v) is 3.61.